The van der Waals surface area contributed by atoms with Gasteiger partial charge in [0.2, 0.25) is 0 Å². The molecule has 0 fully saturated rings. The lowest BCUT2D eigenvalue weighted by atomic mass is 10.1. The van der Waals surface area contributed by atoms with Crippen molar-refractivity contribution in [3.05, 3.63) is 46.3 Å². The Balaban J connectivity index is 2.27. The van der Waals surface area contributed by atoms with E-state index in [4.69, 9.17) is 0 Å². The normalized spacial score (nSPS) is 13.6. The summed E-state index contributed by atoms with van der Waals surface area (Å²) >= 11 is 0. The van der Waals surface area contributed by atoms with Gasteiger partial charge in [0.05, 0.1) is 5.69 Å². The molecule has 0 amide bonds. The lowest BCUT2D eigenvalue weighted by Gasteiger charge is -2.12. The molecular weight excluding hydrogens is 240 g/mol. The van der Waals surface area contributed by atoms with Gasteiger partial charge in [-0.15, -0.1) is 0 Å². The predicted octanol–water partition coefficient (Wildman–Crippen LogP) is 2.68. The third-order valence-electron chi connectivity index (χ3n) is 3.78. The van der Waals surface area contributed by atoms with Gasteiger partial charge in [-0.25, -0.2) is 9.48 Å². The van der Waals surface area contributed by atoms with Crippen molar-refractivity contribution in [1.29, 1.82) is 0 Å². The molecule has 1 N–H and O–H groups in total. The van der Waals surface area contributed by atoms with Gasteiger partial charge in [-0.2, -0.15) is 5.10 Å². The summed E-state index contributed by atoms with van der Waals surface area (Å²) in [7, 11) is 0. The predicted molar refractivity (Wildman–Crippen MR) is 72.0 cm³/mol. The highest BCUT2D eigenvalue weighted by molar-refractivity contribution is 5.87. The first-order chi connectivity index (χ1) is 9.09. The minimum Gasteiger partial charge on any atom is -0.476 e. The van der Waals surface area contributed by atoms with Gasteiger partial charge < -0.3 is 5.11 Å². The Kier molecular flexibility index (Phi) is 2.66. The lowest BCUT2D eigenvalue weighted by Crippen LogP contribution is -2.07. The van der Waals surface area contributed by atoms with Gasteiger partial charge in [0, 0.05) is 11.3 Å². The van der Waals surface area contributed by atoms with Gasteiger partial charge in [-0.1, -0.05) is 18.2 Å². The number of carboxylic acid groups (broad SMARTS) is 1. The largest absolute Gasteiger partial charge is 0.476 e. The second-order valence-corrected chi connectivity index (χ2v) is 5.08. The quantitative estimate of drug-likeness (QED) is 0.898. The summed E-state index contributed by atoms with van der Waals surface area (Å²) < 4.78 is 1.84. The van der Waals surface area contributed by atoms with E-state index in [1.165, 1.54) is 0 Å². The van der Waals surface area contributed by atoms with Crippen LogP contribution in [0.25, 0.3) is 5.69 Å². The zero-order valence-corrected chi connectivity index (χ0v) is 11.1. The number of aromatic carboxylic acids is 1. The molecule has 0 aliphatic heterocycles. The van der Waals surface area contributed by atoms with Gasteiger partial charge in [-0.3, -0.25) is 0 Å². The van der Waals surface area contributed by atoms with E-state index in [0.717, 1.165) is 47.3 Å². The van der Waals surface area contributed by atoms with Gasteiger partial charge in [0.1, 0.15) is 0 Å². The van der Waals surface area contributed by atoms with Crippen molar-refractivity contribution in [2.24, 2.45) is 0 Å². The molecule has 0 saturated heterocycles. The van der Waals surface area contributed by atoms with Crippen molar-refractivity contribution in [3.8, 4) is 5.69 Å². The zero-order valence-electron chi connectivity index (χ0n) is 11.1. The van der Waals surface area contributed by atoms with Crippen LogP contribution in [0.15, 0.2) is 18.2 Å². The fourth-order valence-corrected chi connectivity index (χ4v) is 2.93. The molecule has 1 aliphatic rings. The molecule has 0 atom stereocenters. The second kappa shape index (κ2) is 4.23. The Hall–Kier alpha value is -2.10. The van der Waals surface area contributed by atoms with Crippen LogP contribution in [-0.2, 0) is 12.8 Å². The van der Waals surface area contributed by atoms with Gasteiger partial charge in [-0.05, 0) is 44.2 Å². The smallest absolute Gasteiger partial charge is 0.356 e. The Bertz CT molecular complexity index is 651. The van der Waals surface area contributed by atoms with Crippen molar-refractivity contribution in [2.45, 2.75) is 33.1 Å². The number of hydrogen-bond donors (Lipinski definition) is 1. The van der Waals surface area contributed by atoms with Gasteiger partial charge in [0.15, 0.2) is 5.69 Å². The third kappa shape index (κ3) is 1.75. The molecule has 98 valence electrons. The maximum absolute atomic E-state index is 11.3. The number of carboxylic acids is 1. The molecule has 19 heavy (non-hydrogen) atoms. The number of aryl methyl sites for hydroxylation is 2. The molecule has 0 spiro atoms. The number of nitrogens with zero attached hydrogens (tertiary/aromatic N) is 2. The molecule has 1 heterocycles. The molecule has 0 bridgehead atoms. The molecule has 4 nitrogen and oxygen atoms in total. The summed E-state index contributed by atoms with van der Waals surface area (Å²) in [6.45, 7) is 4.07. The highest BCUT2D eigenvalue weighted by atomic mass is 16.4. The monoisotopic (exact) mass is 256 g/mol. The maximum atomic E-state index is 11.3. The summed E-state index contributed by atoms with van der Waals surface area (Å²) in [5, 5.41) is 13.6. The van der Waals surface area contributed by atoms with E-state index in [0.29, 0.717) is 0 Å². The number of benzene rings is 1. The molecule has 0 radical (unpaired) electrons. The molecule has 0 saturated carbocycles. The van der Waals surface area contributed by atoms with Crippen LogP contribution in [0.3, 0.4) is 0 Å². The minimum atomic E-state index is -0.928. The molecular formula is C15H16N2O2. The first-order valence-electron chi connectivity index (χ1n) is 6.50. The van der Waals surface area contributed by atoms with Crippen LogP contribution in [0.4, 0.5) is 0 Å². The molecule has 4 heteroatoms. The summed E-state index contributed by atoms with van der Waals surface area (Å²) in [4.78, 5) is 11.3. The fraction of sp³-hybridized carbons (Fsp3) is 0.333. The van der Waals surface area contributed by atoms with Crippen molar-refractivity contribution >= 4 is 5.97 Å². The summed E-state index contributed by atoms with van der Waals surface area (Å²) in [6.07, 6.45) is 2.74. The second-order valence-electron chi connectivity index (χ2n) is 5.08. The molecule has 3 rings (SSSR count). The highest BCUT2D eigenvalue weighted by Crippen LogP contribution is 2.30. The Labute approximate surface area is 111 Å². The van der Waals surface area contributed by atoms with E-state index in [2.05, 4.69) is 5.10 Å². The lowest BCUT2D eigenvalue weighted by molar-refractivity contribution is 0.0689. The molecule has 0 unspecified atom stereocenters. The van der Waals surface area contributed by atoms with Gasteiger partial charge in [0.25, 0.3) is 0 Å². The topological polar surface area (TPSA) is 55.1 Å². The maximum Gasteiger partial charge on any atom is 0.356 e. The number of carbonyl (C=O) groups is 1. The minimum absolute atomic E-state index is 0.218. The van der Waals surface area contributed by atoms with Crippen molar-refractivity contribution in [3.63, 3.8) is 0 Å². The third-order valence-corrected chi connectivity index (χ3v) is 3.78. The van der Waals surface area contributed by atoms with E-state index in [1.54, 1.807) is 0 Å². The SMILES string of the molecule is Cc1cccc(C)c1-n1nc(C(=O)O)c2c1CCC2. The Morgan fingerprint density at radius 3 is 2.58 bits per heavy atom. The molecule has 2 aromatic rings. The van der Waals surface area contributed by atoms with Crippen LogP contribution < -0.4 is 0 Å². The molecule has 1 aromatic heterocycles. The number of hydrogen-bond acceptors (Lipinski definition) is 2. The highest BCUT2D eigenvalue weighted by Gasteiger charge is 2.27. The van der Waals surface area contributed by atoms with E-state index < -0.39 is 5.97 Å². The van der Waals surface area contributed by atoms with Crippen LogP contribution >= 0.6 is 0 Å². The molecule has 1 aromatic carbocycles. The number of rotatable bonds is 2. The van der Waals surface area contributed by atoms with Crippen molar-refractivity contribution < 1.29 is 9.90 Å². The van der Waals surface area contributed by atoms with Crippen LogP contribution in [0.2, 0.25) is 0 Å². The van der Waals surface area contributed by atoms with Crippen molar-refractivity contribution in [1.82, 2.24) is 9.78 Å². The Morgan fingerprint density at radius 2 is 1.95 bits per heavy atom. The summed E-state index contributed by atoms with van der Waals surface area (Å²) in [5.41, 5.74) is 5.46. The van der Waals surface area contributed by atoms with Crippen LogP contribution in [0.5, 0.6) is 0 Å². The average molecular weight is 256 g/mol. The number of para-hydroxylation sites is 1. The van der Waals surface area contributed by atoms with E-state index in [9.17, 15) is 9.90 Å². The zero-order chi connectivity index (χ0) is 13.6. The number of fused-ring (bicyclic) bond motifs is 1. The van der Waals surface area contributed by atoms with Crippen molar-refractivity contribution in [2.75, 3.05) is 0 Å². The summed E-state index contributed by atoms with van der Waals surface area (Å²) in [5.74, 6) is -0.928. The fourth-order valence-electron chi connectivity index (χ4n) is 2.93. The van der Waals surface area contributed by atoms with Crippen LogP contribution in [0, 0.1) is 13.8 Å². The van der Waals surface area contributed by atoms with E-state index >= 15 is 0 Å². The average Bonchev–Trinajstić information content (AvgIpc) is 2.91. The van der Waals surface area contributed by atoms with Crippen LogP contribution in [-0.4, -0.2) is 20.9 Å². The van der Waals surface area contributed by atoms with Crippen LogP contribution in [0.1, 0.15) is 39.3 Å². The van der Waals surface area contributed by atoms with Gasteiger partial charge >= 0.3 is 5.97 Å². The first-order valence-corrected chi connectivity index (χ1v) is 6.50. The van der Waals surface area contributed by atoms with E-state index in [1.807, 2.05) is 36.7 Å². The van der Waals surface area contributed by atoms with E-state index in [-0.39, 0.29) is 5.69 Å². The standard InChI is InChI=1S/C15H16N2O2/c1-9-5-3-6-10(2)14(9)17-12-8-4-7-11(12)13(16-17)15(18)19/h3,5-6H,4,7-8H2,1-2H3,(H,18,19). The first kappa shape index (κ1) is 12.0. The number of aromatic nitrogens is 2. The summed E-state index contributed by atoms with van der Waals surface area (Å²) in [6, 6.07) is 6.08. The Morgan fingerprint density at radius 1 is 1.26 bits per heavy atom. The molecule has 1 aliphatic carbocycles.